The van der Waals surface area contributed by atoms with Crippen LogP contribution in [-0.2, 0) is 4.79 Å². The molecule has 0 fully saturated rings. The lowest BCUT2D eigenvalue weighted by Crippen LogP contribution is -2.12. The van der Waals surface area contributed by atoms with Crippen molar-refractivity contribution < 1.29 is 9.90 Å². The van der Waals surface area contributed by atoms with Gasteiger partial charge in [-0.05, 0) is 17.5 Å². The highest BCUT2D eigenvalue weighted by molar-refractivity contribution is 7.19. The molecular weight excluding hydrogens is 392 g/mol. The zero-order valence-electron chi connectivity index (χ0n) is 16.4. The minimum absolute atomic E-state index is 0.155. The van der Waals surface area contributed by atoms with Crippen molar-refractivity contribution in [3.8, 4) is 21.7 Å². The standard InChI is InChI=1S/C25H22N2O2S/c28-21(18-10-4-1-5-11-18)16-17-22(29)26-25-27-23(19-12-6-2-7-13-19)24(30-25)20-14-8-3-9-15-20/h1-15,21,28H,16-17H2,(H,26,27,29)/t21-/m1/s1. The van der Waals surface area contributed by atoms with Crippen molar-refractivity contribution in [3.63, 3.8) is 0 Å². The van der Waals surface area contributed by atoms with Gasteiger partial charge in [-0.1, -0.05) is 102 Å². The summed E-state index contributed by atoms with van der Waals surface area (Å²) in [5.74, 6) is -0.155. The Kier molecular flexibility index (Phi) is 6.32. The monoisotopic (exact) mass is 414 g/mol. The maximum absolute atomic E-state index is 12.5. The summed E-state index contributed by atoms with van der Waals surface area (Å²) in [6.07, 6.45) is -0.0806. The predicted molar refractivity (Wildman–Crippen MR) is 122 cm³/mol. The molecule has 1 amide bonds. The van der Waals surface area contributed by atoms with Gasteiger partial charge in [-0.3, -0.25) is 4.79 Å². The summed E-state index contributed by atoms with van der Waals surface area (Å²) in [5.41, 5.74) is 3.74. The molecule has 0 radical (unpaired) electrons. The molecule has 5 heteroatoms. The molecule has 1 aromatic heterocycles. The Morgan fingerprint density at radius 1 is 0.867 bits per heavy atom. The van der Waals surface area contributed by atoms with Crippen LogP contribution in [0.5, 0.6) is 0 Å². The number of benzene rings is 3. The second kappa shape index (κ2) is 9.48. The summed E-state index contributed by atoms with van der Waals surface area (Å²) in [4.78, 5) is 18.2. The largest absolute Gasteiger partial charge is 0.388 e. The first-order chi connectivity index (χ1) is 14.7. The van der Waals surface area contributed by atoms with Crippen molar-refractivity contribution >= 4 is 22.4 Å². The number of nitrogens with zero attached hydrogens (tertiary/aromatic N) is 1. The van der Waals surface area contributed by atoms with Gasteiger partial charge in [0, 0.05) is 12.0 Å². The van der Waals surface area contributed by atoms with Crippen LogP contribution < -0.4 is 5.32 Å². The average Bonchev–Trinajstić information content (AvgIpc) is 3.23. The van der Waals surface area contributed by atoms with Crippen molar-refractivity contribution in [2.75, 3.05) is 5.32 Å². The number of aliphatic hydroxyl groups is 1. The van der Waals surface area contributed by atoms with Crippen molar-refractivity contribution in [2.24, 2.45) is 0 Å². The fraction of sp³-hybridized carbons (Fsp3) is 0.120. The number of rotatable bonds is 7. The van der Waals surface area contributed by atoms with E-state index in [1.165, 1.54) is 11.3 Å². The van der Waals surface area contributed by atoms with E-state index in [0.717, 1.165) is 27.3 Å². The Hall–Kier alpha value is -3.28. The highest BCUT2D eigenvalue weighted by atomic mass is 32.1. The summed E-state index contributed by atoms with van der Waals surface area (Å²) in [5, 5.41) is 13.8. The van der Waals surface area contributed by atoms with Gasteiger partial charge in [0.05, 0.1) is 16.7 Å². The molecular formula is C25H22N2O2S. The number of carbonyl (C=O) groups is 1. The van der Waals surface area contributed by atoms with E-state index in [1.807, 2.05) is 91.0 Å². The lowest BCUT2D eigenvalue weighted by molar-refractivity contribution is -0.116. The van der Waals surface area contributed by atoms with Gasteiger partial charge in [-0.15, -0.1) is 0 Å². The molecule has 0 saturated carbocycles. The maximum atomic E-state index is 12.5. The number of hydrogen-bond donors (Lipinski definition) is 2. The van der Waals surface area contributed by atoms with Crippen molar-refractivity contribution in [3.05, 3.63) is 96.6 Å². The molecule has 2 N–H and O–H groups in total. The Morgan fingerprint density at radius 2 is 1.43 bits per heavy atom. The normalized spacial score (nSPS) is 11.8. The van der Waals surface area contributed by atoms with Crippen LogP contribution in [0.3, 0.4) is 0 Å². The summed E-state index contributed by atoms with van der Waals surface area (Å²) in [6.45, 7) is 0. The molecule has 4 nitrogen and oxygen atoms in total. The van der Waals surface area contributed by atoms with Crippen molar-refractivity contribution in [2.45, 2.75) is 18.9 Å². The second-order valence-electron chi connectivity index (χ2n) is 6.94. The molecule has 0 aliphatic rings. The number of hydrogen-bond acceptors (Lipinski definition) is 4. The molecule has 3 aromatic carbocycles. The third kappa shape index (κ3) is 4.82. The highest BCUT2D eigenvalue weighted by Crippen LogP contribution is 2.39. The average molecular weight is 415 g/mol. The molecule has 0 unspecified atom stereocenters. The number of thiazole rings is 1. The molecule has 150 valence electrons. The molecule has 0 aliphatic carbocycles. The van der Waals surface area contributed by atoms with Gasteiger partial charge >= 0.3 is 0 Å². The van der Waals surface area contributed by atoms with E-state index in [4.69, 9.17) is 4.98 Å². The van der Waals surface area contributed by atoms with Gasteiger partial charge in [0.1, 0.15) is 0 Å². The SMILES string of the molecule is O=C(CC[C@@H](O)c1ccccc1)Nc1nc(-c2ccccc2)c(-c2ccccc2)s1. The minimum atomic E-state index is -0.659. The molecule has 30 heavy (non-hydrogen) atoms. The van der Waals surface area contributed by atoms with Gasteiger partial charge < -0.3 is 10.4 Å². The van der Waals surface area contributed by atoms with E-state index < -0.39 is 6.10 Å². The van der Waals surface area contributed by atoms with Crippen LogP contribution in [0.1, 0.15) is 24.5 Å². The summed E-state index contributed by atoms with van der Waals surface area (Å²) < 4.78 is 0. The molecule has 0 bridgehead atoms. The second-order valence-corrected chi connectivity index (χ2v) is 7.94. The first-order valence-electron chi connectivity index (χ1n) is 9.85. The third-order valence-corrected chi connectivity index (χ3v) is 5.81. The van der Waals surface area contributed by atoms with E-state index in [1.54, 1.807) is 0 Å². The molecule has 1 heterocycles. The van der Waals surface area contributed by atoms with Gasteiger partial charge in [-0.2, -0.15) is 0 Å². The number of aromatic nitrogens is 1. The summed E-state index contributed by atoms with van der Waals surface area (Å²) >= 11 is 1.46. The number of anilines is 1. The quantitative estimate of drug-likeness (QED) is 0.394. The van der Waals surface area contributed by atoms with Crippen LogP contribution in [-0.4, -0.2) is 16.0 Å². The summed E-state index contributed by atoms with van der Waals surface area (Å²) in [7, 11) is 0. The zero-order valence-corrected chi connectivity index (χ0v) is 17.2. The fourth-order valence-electron chi connectivity index (χ4n) is 3.24. The molecule has 0 aliphatic heterocycles. The lowest BCUT2D eigenvalue weighted by atomic mass is 10.1. The molecule has 1 atom stereocenters. The smallest absolute Gasteiger partial charge is 0.226 e. The number of carbonyl (C=O) groups excluding carboxylic acids is 1. The summed E-state index contributed by atoms with van der Waals surface area (Å²) in [6, 6.07) is 29.4. The molecule has 0 spiro atoms. The van der Waals surface area contributed by atoms with Crippen LogP contribution in [0, 0.1) is 0 Å². The number of nitrogens with one attached hydrogen (secondary N) is 1. The number of aliphatic hydroxyl groups excluding tert-OH is 1. The van der Waals surface area contributed by atoms with Crippen LogP contribution in [0.25, 0.3) is 21.7 Å². The van der Waals surface area contributed by atoms with Gasteiger partial charge in [0.15, 0.2) is 5.13 Å². The van der Waals surface area contributed by atoms with E-state index >= 15 is 0 Å². The van der Waals surface area contributed by atoms with E-state index in [0.29, 0.717) is 11.6 Å². The first kappa shape index (κ1) is 20.0. The molecule has 4 aromatic rings. The Bertz CT molecular complexity index is 1040. The Balaban J connectivity index is 1.50. The predicted octanol–water partition coefficient (Wildman–Crippen LogP) is 5.93. The van der Waals surface area contributed by atoms with E-state index in [9.17, 15) is 9.90 Å². The molecule has 4 rings (SSSR count). The van der Waals surface area contributed by atoms with Crippen LogP contribution in [0.15, 0.2) is 91.0 Å². The van der Waals surface area contributed by atoms with Gasteiger partial charge in [0.25, 0.3) is 0 Å². The lowest BCUT2D eigenvalue weighted by Gasteiger charge is -2.10. The topological polar surface area (TPSA) is 62.2 Å². The number of amides is 1. The van der Waals surface area contributed by atoms with E-state index in [2.05, 4.69) is 5.32 Å². The zero-order chi connectivity index (χ0) is 20.8. The van der Waals surface area contributed by atoms with Crippen molar-refractivity contribution in [1.82, 2.24) is 4.98 Å². The van der Waals surface area contributed by atoms with Gasteiger partial charge in [0.2, 0.25) is 5.91 Å². The first-order valence-corrected chi connectivity index (χ1v) is 10.7. The Labute approximate surface area is 179 Å². The Morgan fingerprint density at radius 3 is 2.07 bits per heavy atom. The minimum Gasteiger partial charge on any atom is -0.388 e. The fourth-order valence-corrected chi connectivity index (χ4v) is 4.25. The molecule has 0 saturated heterocycles. The van der Waals surface area contributed by atoms with Crippen molar-refractivity contribution in [1.29, 1.82) is 0 Å². The highest BCUT2D eigenvalue weighted by Gasteiger charge is 2.17. The van der Waals surface area contributed by atoms with E-state index in [-0.39, 0.29) is 12.3 Å². The third-order valence-electron chi connectivity index (χ3n) is 4.79. The van der Waals surface area contributed by atoms with Crippen LogP contribution in [0.4, 0.5) is 5.13 Å². The van der Waals surface area contributed by atoms with Crippen LogP contribution in [0.2, 0.25) is 0 Å². The maximum Gasteiger partial charge on any atom is 0.226 e. The van der Waals surface area contributed by atoms with Gasteiger partial charge in [-0.25, -0.2) is 4.98 Å². The van der Waals surface area contributed by atoms with Crippen LogP contribution >= 0.6 is 11.3 Å².